The molecule has 1 aliphatic rings. The van der Waals surface area contributed by atoms with Crippen molar-refractivity contribution in [1.82, 2.24) is 10.3 Å². The molecule has 0 radical (unpaired) electrons. The first-order chi connectivity index (χ1) is 7.25. The van der Waals surface area contributed by atoms with Gasteiger partial charge in [0.05, 0.1) is 0 Å². The van der Waals surface area contributed by atoms with Crippen LogP contribution < -0.4 is 14.4 Å². The van der Waals surface area contributed by atoms with Gasteiger partial charge in [0.25, 0.3) is 0 Å². The van der Waals surface area contributed by atoms with E-state index in [1.54, 1.807) is 6.07 Å². The molecule has 1 aliphatic heterocycles. The monoisotopic (exact) mass is 272 g/mol. The molecule has 1 aromatic rings. The fourth-order valence-electron chi connectivity index (χ4n) is 1.62. The number of ether oxygens (including phenoxy) is 1. The predicted octanol–water partition coefficient (Wildman–Crippen LogP) is -0.390. The van der Waals surface area contributed by atoms with Crippen molar-refractivity contribution in [1.29, 1.82) is 0 Å². The summed E-state index contributed by atoms with van der Waals surface area (Å²) in [6.07, 6.45) is 3.79. The van der Waals surface area contributed by atoms with Crippen molar-refractivity contribution in [3.05, 3.63) is 18.2 Å². The number of nitrogens with one attached hydrogen (secondary N) is 1. The third-order valence-electron chi connectivity index (χ3n) is 2.45. The van der Waals surface area contributed by atoms with Crippen LogP contribution in [-0.2, 0) is 0 Å². The zero-order valence-corrected chi connectivity index (χ0v) is 10.8. The van der Waals surface area contributed by atoms with Gasteiger partial charge in [0.2, 0.25) is 0 Å². The molecule has 1 N–H and O–H groups in total. The molecule has 2 rings (SSSR count). The number of hydrogen-bond donors (Lipinski definition) is 1. The summed E-state index contributed by atoms with van der Waals surface area (Å²) < 4.78 is 19.0. The Labute approximate surface area is 96.9 Å². The molecule has 5 heteroatoms. The van der Waals surface area contributed by atoms with Crippen LogP contribution >= 0.6 is 0 Å². The summed E-state index contributed by atoms with van der Waals surface area (Å²) in [5.74, 6) is 0.255. The number of pyridine rings is 1. The molecule has 2 atom stereocenters. The molecule has 3 nitrogen and oxygen atoms in total. The van der Waals surface area contributed by atoms with Gasteiger partial charge in [-0.05, 0) is 0 Å². The molecular formula is C10H14AsFN2O. The van der Waals surface area contributed by atoms with Gasteiger partial charge in [-0.25, -0.2) is 0 Å². The van der Waals surface area contributed by atoms with E-state index in [1.165, 1.54) is 29.5 Å². The quantitative estimate of drug-likeness (QED) is 0.601. The minimum absolute atomic E-state index is 0.402. The topological polar surface area (TPSA) is 34.1 Å². The van der Waals surface area contributed by atoms with Gasteiger partial charge >= 0.3 is 96.6 Å². The van der Waals surface area contributed by atoms with E-state index in [9.17, 15) is 4.39 Å². The van der Waals surface area contributed by atoms with Gasteiger partial charge in [-0.3, -0.25) is 0 Å². The van der Waals surface area contributed by atoms with Gasteiger partial charge in [0.15, 0.2) is 0 Å². The first-order valence-electron chi connectivity index (χ1n) is 5.03. The van der Waals surface area contributed by atoms with Crippen molar-refractivity contribution in [2.24, 2.45) is 0 Å². The van der Waals surface area contributed by atoms with Gasteiger partial charge in [-0.15, -0.1) is 0 Å². The Bertz CT molecular complexity index is 342. The molecule has 1 saturated heterocycles. The summed E-state index contributed by atoms with van der Waals surface area (Å²) in [7, 11) is 0. The minimum atomic E-state index is -0.402. The second-order valence-electron chi connectivity index (χ2n) is 3.66. The second-order valence-corrected chi connectivity index (χ2v) is 4.96. The van der Waals surface area contributed by atoms with E-state index in [0.29, 0.717) is 22.7 Å². The average Bonchev–Trinajstić information content (AvgIpc) is 2.73. The fraction of sp³-hybridized carbons (Fsp3) is 0.500. The van der Waals surface area contributed by atoms with E-state index in [1.807, 2.05) is 0 Å². The van der Waals surface area contributed by atoms with Gasteiger partial charge in [0, 0.05) is 0 Å². The van der Waals surface area contributed by atoms with Crippen LogP contribution in [0.3, 0.4) is 0 Å². The van der Waals surface area contributed by atoms with Crippen molar-refractivity contribution in [3.8, 4) is 5.75 Å². The molecule has 0 amide bonds. The van der Waals surface area contributed by atoms with Gasteiger partial charge < -0.3 is 0 Å². The Balaban J connectivity index is 1.90. The molecule has 1 aromatic heterocycles. The van der Waals surface area contributed by atoms with Crippen LogP contribution in [-0.4, -0.2) is 41.0 Å². The average molecular weight is 272 g/mol. The van der Waals surface area contributed by atoms with E-state index < -0.39 is 5.95 Å². The summed E-state index contributed by atoms with van der Waals surface area (Å²) in [6.45, 7) is 1.71. The molecule has 0 bridgehead atoms. The summed E-state index contributed by atoms with van der Waals surface area (Å²) in [5.41, 5.74) is 0. The standard InChI is InChI=1S/C10H14AsFN2O/c11-9-4-8(5-14-10(9)12)15-6-7-2-1-3-13-7/h4-5,7,13H,1-3,6,11H2/t7-/m0/s1. The Hall–Kier alpha value is -0.602. The zero-order valence-electron chi connectivity index (χ0n) is 8.37. The van der Waals surface area contributed by atoms with E-state index in [4.69, 9.17) is 4.74 Å². The van der Waals surface area contributed by atoms with Crippen molar-refractivity contribution < 1.29 is 9.13 Å². The van der Waals surface area contributed by atoms with Gasteiger partial charge in [-0.1, -0.05) is 0 Å². The number of aromatic nitrogens is 1. The number of rotatable bonds is 3. The molecule has 82 valence electrons. The molecule has 15 heavy (non-hydrogen) atoms. The van der Waals surface area contributed by atoms with E-state index >= 15 is 0 Å². The van der Waals surface area contributed by atoms with Crippen molar-refractivity contribution in [2.45, 2.75) is 18.9 Å². The first-order valence-corrected chi connectivity index (χ1v) is 6.24. The van der Waals surface area contributed by atoms with Crippen LogP contribution in [0.25, 0.3) is 0 Å². The molecule has 1 unspecified atom stereocenters. The van der Waals surface area contributed by atoms with Crippen LogP contribution in [0, 0.1) is 5.95 Å². The Kier molecular flexibility index (Phi) is 3.60. The Morgan fingerprint density at radius 2 is 2.53 bits per heavy atom. The second kappa shape index (κ2) is 4.95. The van der Waals surface area contributed by atoms with Crippen molar-refractivity contribution >= 4 is 21.2 Å². The molecule has 0 spiro atoms. The molecule has 0 saturated carbocycles. The van der Waals surface area contributed by atoms with Crippen molar-refractivity contribution in [2.75, 3.05) is 13.2 Å². The summed E-state index contributed by atoms with van der Waals surface area (Å²) in [4.78, 5) is 3.63. The maximum absolute atomic E-state index is 12.9. The molecule has 0 aliphatic carbocycles. The molecule has 1 fully saturated rings. The summed E-state index contributed by atoms with van der Waals surface area (Å²) in [5, 5.41) is 3.34. The molecule has 2 heterocycles. The van der Waals surface area contributed by atoms with Gasteiger partial charge in [0.1, 0.15) is 0 Å². The Morgan fingerprint density at radius 1 is 1.67 bits per heavy atom. The number of nitrogens with zero attached hydrogens (tertiary/aromatic N) is 1. The predicted molar refractivity (Wildman–Crippen MR) is 58.9 cm³/mol. The zero-order chi connectivity index (χ0) is 10.7. The van der Waals surface area contributed by atoms with E-state index in [-0.39, 0.29) is 0 Å². The van der Waals surface area contributed by atoms with E-state index in [2.05, 4.69) is 10.3 Å². The normalized spacial score (nSPS) is 20.5. The van der Waals surface area contributed by atoms with E-state index in [0.717, 1.165) is 13.0 Å². The third-order valence-corrected chi connectivity index (χ3v) is 3.30. The maximum atomic E-state index is 12.9. The first kappa shape index (κ1) is 10.9. The fourth-order valence-corrected chi connectivity index (χ4v) is 2.12. The molecular weight excluding hydrogens is 258 g/mol. The van der Waals surface area contributed by atoms with Crippen molar-refractivity contribution in [3.63, 3.8) is 0 Å². The number of hydrogen-bond acceptors (Lipinski definition) is 3. The summed E-state index contributed by atoms with van der Waals surface area (Å²) >= 11 is 1.22. The van der Waals surface area contributed by atoms with Crippen LogP contribution in [0.2, 0.25) is 0 Å². The number of halogens is 1. The third kappa shape index (κ3) is 2.92. The van der Waals surface area contributed by atoms with Crippen LogP contribution in [0.1, 0.15) is 12.8 Å². The van der Waals surface area contributed by atoms with Gasteiger partial charge in [-0.2, -0.15) is 0 Å². The van der Waals surface area contributed by atoms with Crippen LogP contribution in [0.15, 0.2) is 12.3 Å². The Morgan fingerprint density at radius 3 is 3.20 bits per heavy atom. The SMILES string of the molecule is Fc1ncc(OC[C@@H]2CCCN2)cc1[AsH2]. The summed E-state index contributed by atoms with van der Waals surface area (Å²) in [6, 6.07) is 2.14. The van der Waals surface area contributed by atoms with Crippen LogP contribution in [0.5, 0.6) is 5.75 Å². The van der Waals surface area contributed by atoms with Crippen LogP contribution in [0.4, 0.5) is 4.39 Å². The molecule has 0 aromatic carbocycles.